The van der Waals surface area contributed by atoms with Gasteiger partial charge in [-0.2, -0.15) is 0 Å². The molecule has 2 heterocycles. The van der Waals surface area contributed by atoms with Crippen LogP contribution in [0.15, 0.2) is 227 Å². The number of rotatable bonds is 6. The Labute approximate surface area is 387 Å². The number of benzene rings is 11. The maximum Gasteiger partial charge on any atom is 0.137 e. The molecule has 0 saturated heterocycles. The fourth-order valence-corrected chi connectivity index (χ4v) is 11.6. The van der Waals surface area contributed by atoms with Crippen molar-refractivity contribution in [3.8, 4) is 11.1 Å². The molecule has 67 heavy (non-hydrogen) atoms. The molecule has 0 atom stereocenters. The van der Waals surface area contributed by atoms with Crippen molar-refractivity contribution < 1.29 is 8.83 Å². The van der Waals surface area contributed by atoms with Gasteiger partial charge in [-0.15, -0.1) is 0 Å². The summed E-state index contributed by atoms with van der Waals surface area (Å²) in [7, 11) is 0. The molecule has 316 valence electrons. The highest BCUT2D eigenvalue weighted by Crippen LogP contribution is 2.57. The zero-order valence-electron chi connectivity index (χ0n) is 37.0. The van der Waals surface area contributed by atoms with Crippen LogP contribution < -0.4 is 9.80 Å². The van der Waals surface area contributed by atoms with E-state index in [-0.39, 0.29) is 5.41 Å². The molecule has 0 fully saturated rings. The average molecular weight is 859 g/mol. The van der Waals surface area contributed by atoms with E-state index in [1.165, 1.54) is 54.6 Å². The first kappa shape index (κ1) is 37.7. The van der Waals surface area contributed by atoms with Crippen molar-refractivity contribution in [1.82, 2.24) is 0 Å². The normalized spacial score (nSPS) is 13.0. The Kier molecular flexibility index (Phi) is 8.00. The highest BCUT2D eigenvalue weighted by molar-refractivity contribution is 6.21. The van der Waals surface area contributed by atoms with E-state index in [4.69, 9.17) is 8.83 Å². The quantitative estimate of drug-likeness (QED) is 0.156. The molecule has 4 nitrogen and oxygen atoms in total. The molecule has 1 aliphatic carbocycles. The first-order valence-electron chi connectivity index (χ1n) is 23.1. The molecule has 0 aliphatic heterocycles. The first-order chi connectivity index (χ1) is 33.0. The lowest BCUT2D eigenvalue weighted by atomic mass is 9.77. The Balaban J connectivity index is 0.959. The Morgan fingerprint density at radius 2 is 0.821 bits per heavy atom. The molecule has 1 aliphatic rings. The molecule has 11 aromatic carbocycles. The zero-order valence-corrected chi connectivity index (χ0v) is 37.0. The molecule has 0 radical (unpaired) electrons. The monoisotopic (exact) mass is 858 g/mol. The van der Waals surface area contributed by atoms with E-state index in [1.54, 1.807) is 0 Å². The van der Waals surface area contributed by atoms with Crippen LogP contribution >= 0.6 is 0 Å². The minimum absolute atomic E-state index is 0.309. The van der Waals surface area contributed by atoms with Gasteiger partial charge < -0.3 is 18.6 Å². The van der Waals surface area contributed by atoms with Gasteiger partial charge in [-0.3, -0.25) is 0 Å². The van der Waals surface area contributed by atoms with Crippen molar-refractivity contribution in [2.75, 3.05) is 9.80 Å². The topological polar surface area (TPSA) is 32.8 Å². The van der Waals surface area contributed by atoms with Gasteiger partial charge in [-0.25, -0.2) is 0 Å². The number of hydrogen-bond acceptors (Lipinski definition) is 4. The second-order valence-electron chi connectivity index (χ2n) is 18.4. The predicted octanol–water partition coefficient (Wildman–Crippen LogP) is 18.2. The lowest BCUT2D eigenvalue weighted by Crippen LogP contribution is -2.16. The van der Waals surface area contributed by atoms with Gasteiger partial charge in [-0.1, -0.05) is 147 Å². The van der Waals surface area contributed by atoms with E-state index < -0.39 is 0 Å². The number of anilines is 6. The third kappa shape index (κ3) is 5.47. The van der Waals surface area contributed by atoms with Gasteiger partial charge in [0.2, 0.25) is 0 Å². The van der Waals surface area contributed by atoms with Crippen LogP contribution in [0.3, 0.4) is 0 Å². The zero-order chi connectivity index (χ0) is 44.4. The van der Waals surface area contributed by atoms with Crippen LogP contribution in [0.25, 0.3) is 87.3 Å². The standard InChI is InChI=1S/C63H42N2O2/c1-63(2)61-44-35-32-42(64(40-17-5-3-6-18-40)52-25-15-29-56-59(52)48-23-11-13-27-54(48)66-56)37-39(44)31-34-50(61)58-46-22-10-9-21-45(46)51-38-43(33-36-47(51)62(58)63)65(41-19-7-4-8-20-41)53-26-16-30-57-60(53)49-24-12-14-28-55(49)67-57/h3-38H,1-2H3. The van der Waals surface area contributed by atoms with Crippen LogP contribution in [0, 0.1) is 0 Å². The molecule has 0 amide bonds. The van der Waals surface area contributed by atoms with E-state index in [1.807, 2.05) is 12.1 Å². The smallest absolute Gasteiger partial charge is 0.137 e. The van der Waals surface area contributed by atoms with Gasteiger partial charge in [0.25, 0.3) is 0 Å². The third-order valence-electron chi connectivity index (χ3n) is 14.3. The van der Waals surface area contributed by atoms with E-state index in [0.29, 0.717) is 0 Å². The SMILES string of the molecule is CC1(C)c2c(ccc3cc(N(c4ccccc4)c4cccc5oc6ccccc6c45)ccc23)-c2c1c1ccc(N(c3ccccc3)c3cccc4oc5ccccc5c34)cc1c1ccccc21. The van der Waals surface area contributed by atoms with Gasteiger partial charge >= 0.3 is 0 Å². The summed E-state index contributed by atoms with van der Waals surface area (Å²) in [5.74, 6) is 0. The minimum Gasteiger partial charge on any atom is -0.456 e. The fraction of sp³-hybridized carbons (Fsp3) is 0.0476. The maximum atomic E-state index is 6.43. The molecule has 0 spiro atoms. The molecule has 0 saturated carbocycles. The van der Waals surface area contributed by atoms with Gasteiger partial charge in [0, 0.05) is 38.9 Å². The van der Waals surface area contributed by atoms with Crippen molar-refractivity contribution in [1.29, 1.82) is 0 Å². The second kappa shape index (κ2) is 14.2. The number of hydrogen-bond donors (Lipinski definition) is 0. The van der Waals surface area contributed by atoms with E-state index in [2.05, 4.69) is 230 Å². The van der Waals surface area contributed by atoms with E-state index >= 15 is 0 Å². The number of para-hydroxylation sites is 4. The first-order valence-corrected chi connectivity index (χ1v) is 23.1. The summed E-state index contributed by atoms with van der Waals surface area (Å²) in [5, 5.41) is 11.9. The molecule has 2 aromatic heterocycles. The lowest BCUT2D eigenvalue weighted by molar-refractivity contribution is 0.668. The molecule has 14 rings (SSSR count). The molecule has 0 N–H and O–H groups in total. The van der Waals surface area contributed by atoms with Crippen molar-refractivity contribution in [2.24, 2.45) is 0 Å². The highest BCUT2D eigenvalue weighted by atomic mass is 16.3. The van der Waals surface area contributed by atoms with Crippen LogP contribution in [0.2, 0.25) is 0 Å². The summed E-state index contributed by atoms with van der Waals surface area (Å²) in [6.45, 7) is 4.85. The van der Waals surface area contributed by atoms with Crippen molar-refractivity contribution in [3.05, 3.63) is 230 Å². The molecule has 0 bridgehead atoms. The summed E-state index contributed by atoms with van der Waals surface area (Å²) in [6, 6.07) is 78.7. The minimum atomic E-state index is -0.309. The van der Waals surface area contributed by atoms with Crippen LogP contribution in [0.4, 0.5) is 34.1 Å². The van der Waals surface area contributed by atoms with Crippen LogP contribution in [0.1, 0.15) is 25.0 Å². The Hall–Kier alpha value is -8.60. The fourth-order valence-electron chi connectivity index (χ4n) is 11.6. The lowest BCUT2D eigenvalue weighted by Gasteiger charge is -2.29. The molecule has 13 aromatic rings. The largest absolute Gasteiger partial charge is 0.456 e. The average Bonchev–Trinajstić information content (AvgIpc) is 4.03. The summed E-state index contributed by atoms with van der Waals surface area (Å²) in [5.41, 5.74) is 15.1. The summed E-state index contributed by atoms with van der Waals surface area (Å²) < 4.78 is 12.8. The molecule has 4 heteroatoms. The summed E-state index contributed by atoms with van der Waals surface area (Å²) in [4.78, 5) is 4.77. The maximum absolute atomic E-state index is 6.43. The van der Waals surface area contributed by atoms with Gasteiger partial charge in [0.15, 0.2) is 0 Å². The summed E-state index contributed by atoms with van der Waals surface area (Å²) in [6.07, 6.45) is 0. The van der Waals surface area contributed by atoms with Crippen LogP contribution in [-0.2, 0) is 5.41 Å². The van der Waals surface area contributed by atoms with E-state index in [9.17, 15) is 0 Å². The van der Waals surface area contributed by atoms with Gasteiger partial charge in [0.1, 0.15) is 22.3 Å². The number of nitrogens with zero attached hydrogens (tertiary/aromatic N) is 2. The van der Waals surface area contributed by atoms with Gasteiger partial charge in [0.05, 0.1) is 22.1 Å². The molecule has 0 unspecified atom stereocenters. The Bertz CT molecular complexity index is 4140. The van der Waals surface area contributed by atoms with Crippen molar-refractivity contribution in [2.45, 2.75) is 19.3 Å². The number of fused-ring (bicyclic) bond motifs is 16. The Morgan fingerprint density at radius 1 is 0.328 bits per heavy atom. The Morgan fingerprint density at radius 3 is 1.42 bits per heavy atom. The van der Waals surface area contributed by atoms with Gasteiger partial charge in [-0.05, 0) is 140 Å². The third-order valence-corrected chi connectivity index (χ3v) is 14.3. The van der Waals surface area contributed by atoms with Crippen molar-refractivity contribution in [3.63, 3.8) is 0 Å². The van der Waals surface area contributed by atoms with Crippen molar-refractivity contribution >= 4 is 110 Å². The summed E-state index contributed by atoms with van der Waals surface area (Å²) >= 11 is 0. The number of furan rings is 2. The molecular formula is C63H42N2O2. The second-order valence-corrected chi connectivity index (χ2v) is 18.4. The predicted molar refractivity (Wildman–Crippen MR) is 280 cm³/mol. The van der Waals surface area contributed by atoms with Crippen LogP contribution in [0.5, 0.6) is 0 Å². The van der Waals surface area contributed by atoms with E-state index in [0.717, 1.165) is 78.0 Å². The highest BCUT2D eigenvalue weighted by Gasteiger charge is 2.40. The molecular weight excluding hydrogens is 817 g/mol. The van der Waals surface area contributed by atoms with Crippen LogP contribution in [-0.4, -0.2) is 0 Å².